The lowest BCUT2D eigenvalue weighted by molar-refractivity contribution is 0.177. The van der Waals surface area contributed by atoms with Gasteiger partial charge >= 0.3 is 0 Å². The molecule has 0 bridgehead atoms. The van der Waals surface area contributed by atoms with Crippen LogP contribution in [0.3, 0.4) is 0 Å². The highest BCUT2D eigenvalue weighted by molar-refractivity contribution is 4.98. The van der Waals surface area contributed by atoms with Gasteiger partial charge in [0.25, 0.3) is 0 Å². The molecule has 18 heavy (non-hydrogen) atoms. The Hall–Kier alpha value is -0.460. The zero-order chi connectivity index (χ0) is 12.8. The van der Waals surface area contributed by atoms with E-state index < -0.39 is 0 Å². The number of aliphatic hydroxyl groups excluding tert-OH is 1. The third-order valence-electron chi connectivity index (χ3n) is 5.20. The molecule has 1 nitrogen and oxygen atoms in total. The molecule has 1 heteroatoms. The summed E-state index contributed by atoms with van der Waals surface area (Å²) in [6.07, 6.45) is 16.9. The third kappa shape index (κ3) is 4.03. The van der Waals surface area contributed by atoms with E-state index in [-0.39, 0.29) is 0 Å². The smallest absolute Gasteiger partial charge is 0.0883 e. The largest absolute Gasteiger partial charge is 0.513 e. The lowest BCUT2D eigenvalue weighted by Gasteiger charge is -2.35. The number of aliphatic hydroxyl groups is 1. The topological polar surface area (TPSA) is 20.2 Å². The molecule has 1 atom stereocenters. The minimum absolute atomic E-state index is 0.638. The molecule has 0 radical (unpaired) electrons. The highest BCUT2D eigenvalue weighted by Crippen LogP contribution is 2.40. The second-order valence-electron chi connectivity index (χ2n) is 6.51. The molecule has 1 N–H and O–H groups in total. The van der Waals surface area contributed by atoms with Gasteiger partial charge in [0, 0.05) is 6.42 Å². The summed E-state index contributed by atoms with van der Waals surface area (Å²) in [6, 6.07) is 0. The maximum absolute atomic E-state index is 9.45. The lowest BCUT2D eigenvalue weighted by Crippen LogP contribution is -2.23. The van der Waals surface area contributed by atoms with Gasteiger partial charge in [0.15, 0.2) is 0 Å². The summed E-state index contributed by atoms with van der Waals surface area (Å²) in [5.41, 5.74) is 0. The summed E-state index contributed by atoms with van der Waals surface area (Å²) in [6.45, 7) is 2.29. The average molecular weight is 250 g/mol. The zero-order valence-electron chi connectivity index (χ0n) is 12.0. The first-order valence-corrected chi connectivity index (χ1v) is 8.17. The van der Waals surface area contributed by atoms with Gasteiger partial charge in [-0.1, -0.05) is 45.4 Å². The Morgan fingerprint density at radius 1 is 1.06 bits per heavy atom. The number of rotatable bonds is 5. The van der Waals surface area contributed by atoms with Crippen molar-refractivity contribution in [3.63, 3.8) is 0 Å². The van der Waals surface area contributed by atoms with E-state index in [2.05, 4.69) is 13.0 Å². The minimum Gasteiger partial charge on any atom is -0.513 e. The molecule has 0 heterocycles. The zero-order valence-corrected chi connectivity index (χ0v) is 12.0. The van der Waals surface area contributed by atoms with Gasteiger partial charge in [-0.2, -0.15) is 0 Å². The molecular formula is C17H30O. The summed E-state index contributed by atoms with van der Waals surface area (Å²) in [5.74, 6) is 3.49. The Morgan fingerprint density at radius 3 is 2.44 bits per heavy atom. The van der Waals surface area contributed by atoms with Crippen molar-refractivity contribution < 1.29 is 5.11 Å². The summed E-state index contributed by atoms with van der Waals surface area (Å²) in [5, 5.41) is 9.45. The number of allylic oxidation sites excluding steroid dienone is 2. The van der Waals surface area contributed by atoms with Crippen molar-refractivity contribution in [2.45, 2.75) is 77.6 Å². The highest BCUT2D eigenvalue weighted by Gasteiger charge is 2.28. The molecule has 0 saturated heterocycles. The maximum Gasteiger partial charge on any atom is 0.0883 e. The molecule has 104 valence electrons. The van der Waals surface area contributed by atoms with Crippen LogP contribution in [0, 0.1) is 17.8 Å². The molecule has 0 aromatic heterocycles. The SMILES string of the molecule is CCCCCC1CCC(C2CC=C(O)CC2)CC1. The van der Waals surface area contributed by atoms with E-state index in [1.807, 2.05) is 0 Å². The molecule has 2 aliphatic rings. The van der Waals surface area contributed by atoms with E-state index in [4.69, 9.17) is 0 Å². The summed E-state index contributed by atoms with van der Waals surface area (Å²) < 4.78 is 0. The molecular weight excluding hydrogens is 220 g/mol. The van der Waals surface area contributed by atoms with Crippen LogP contribution in [-0.2, 0) is 0 Å². The van der Waals surface area contributed by atoms with E-state index in [1.54, 1.807) is 0 Å². The van der Waals surface area contributed by atoms with Crippen molar-refractivity contribution in [1.29, 1.82) is 0 Å². The average Bonchev–Trinajstić information content (AvgIpc) is 2.41. The van der Waals surface area contributed by atoms with E-state index in [0.717, 1.165) is 30.6 Å². The van der Waals surface area contributed by atoms with Crippen LogP contribution in [0.25, 0.3) is 0 Å². The van der Waals surface area contributed by atoms with Crippen LogP contribution >= 0.6 is 0 Å². The van der Waals surface area contributed by atoms with Crippen LogP contribution in [0.4, 0.5) is 0 Å². The first kappa shape index (κ1) is 14.0. The maximum atomic E-state index is 9.45. The monoisotopic (exact) mass is 250 g/mol. The number of unbranched alkanes of at least 4 members (excludes halogenated alkanes) is 2. The Morgan fingerprint density at radius 2 is 1.83 bits per heavy atom. The molecule has 0 spiro atoms. The van der Waals surface area contributed by atoms with Gasteiger partial charge < -0.3 is 5.11 Å². The van der Waals surface area contributed by atoms with Crippen molar-refractivity contribution in [2.24, 2.45) is 17.8 Å². The molecule has 2 rings (SSSR count). The summed E-state index contributed by atoms with van der Waals surface area (Å²) >= 11 is 0. The normalized spacial score (nSPS) is 33.2. The van der Waals surface area contributed by atoms with Crippen molar-refractivity contribution >= 4 is 0 Å². The third-order valence-corrected chi connectivity index (χ3v) is 5.20. The van der Waals surface area contributed by atoms with Crippen LogP contribution in [0.5, 0.6) is 0 Å². The van der Waals surface area contributed by atoms with Gasteiger partial charge in [0.05, 0.1) is 5.76 Å². The Balaban J connectivity index is 1.67. The minimum atomic E-state index is 0.638. The predicted molar refractivity (Wildman–Crippen MR) is 77.6 cm³/mol. The van der Waals surface area contributed by atoms with E-state index in [9.17, 15) is 5.11 Å². The summed E-state index contributed by atoms with van der Waals surface area (Å²) in [7, 11) is 0. The molecule has 1 fully saturated rings. The first-order valence-electron chi connectivity index (χ1n) is 8.17. The molecule has 2 aliphatic carbocycles. The van der Waals surface area contributed by atoms with Crippen molar-refractivity contribution in [2.75, 3.05) is 0 Å². The van der Waals surface area contributed by atoms with Crippen molar-refractivity contribution in [3.8, 4) is 0 Å². The summed E-state index contributed by atoms with van der Waals surface area (Å²) in [4.78, 5) is 0. The van der Waals surface area contributed by atoms with Gasteiger partial charge in [0.2, 0.25) is 0 Å². The second-order valence-corrected chi connectivity index (χ2v) is 6.51. The van der Waals surface area contributed by atoms with E-state index in [0.29, 0.717) is 5.76 Å². The lowest BCUT2D eigenvalue weighted by atomic mass is 9.71. The fraction of sp³-hybridized carbons (Fsp3) is 0.882. The number of hydrogen-bond acceptors (Lipinski definition) is 1. The Bertz CT molecular complexity index is 261. The number of hydrogen-bond donors (Lipinski definition) is 1. The first-order chi connectivity index (χ1) is 8.79. The molecule has 0 aromatic carbocycles. The molecule has 0 amide bonds. The van der Waals surface area contributed by atoms with Gasteiger partial charge in [0.1, 0.15) is 0 Å². The van der Waals surface area contributed by atoms with Crippen LogP contribution in [-0.4, -0.2) is 5.11 Å². The van der Waals surface area contributed by atoms with Gasteiger partial charge in [-0.3, -0.25) is 0 Å². The Labute approximate surface area is 113 Å². The van der Waals surface area contributed by atoms with Crippen molar-refractivity contribution in [1.82, 2.24) is 0 Å². The van der Waals surface area contributed by atoms with Gasteiger partial charge in [-0.15, -0.1) is 0 Å². The van der Waals surface area contributed by atoms with E-state index in [1.165, 1.54) is 57.8 Å². The molecule has 0 aliphatic heterocycles. The van der Waals surface area contributed by atoms with Crippen molar-refractivity contribution in [3.05, 3.63) is 11.8 Å². The van der Waals surface area contributed by atoms with Crippen LogP contribution < -0.4 is 0 Å². The molecule has 1 saturated carbocycles. The highest BCUT2D eigenvalue weighted by atomic mass is 16.3. The van der Waals surface area contributed by atoms with Crippen LogP contribution in [0.15, 0.2) is 11.8 Å². The Kier molecular flexibility index (Phi) is 5.59. The van der Waals surface area contributed by atoms with Gasteiger partial charge in [-0.25, -0.2) is 0 Å². The molecule has 1 unspecified atom stereocenters. The standard InChI is InChI=1S/C17H30O/c1-2-3-4-5-14-6-8-15(9-7-14)16-10-12-17(18)13-11-16/h12,14-16,18H,2-11,13H2,1H3. The predicted octanol–water partition coefficient (Wildman–Crippen LogP) is 5.62. The fourth-order valence-electron chi connectivity index (χ4n) is 3.90. The fourth-order valence-corrected chi connectivity index (χ4v) is 3.90. The quantitative estimate of drug-likeness (QED) is 0.628. The van der Waals surface area contributed by atoms with Gasteiger partial charge in [-0.05, 0) is 49.5 Å². The second kappa shape index (κ2) is 7.21. The van der Waals surface area contributed by atoms with E-state index >= 15 is 0 Å². The molecule has 0 aromatic rings. The van der Waals surface area contributed by atoms with Crippen LogP contribution in [0.1, 0.15) is 77.6 Å². The van der Waals surface area contributed by atoms with Crippen LogP contribution in [0.2, 0.25) is 0 Å².